The summed E-state index contributed by atoms with van der Waals surface area (Å²) >= 11 is 1.55. The number of likely N-dealkylation sites (N-methyl/N-ethyl adjacent to an activating group) is 1. The fraction of sp³-hybridized carbons (Fsp3) is 0.385. The first-order chi connectivity index (χ1) is 17.6. The number of thiazole rings is 1. The van der Waals surface area contributed by atoms with Gasteiger partial charge >= 0.3 is 6.03 Å². The molecule has 1 aliphatic heterocycles. The number of hydrogen-bond acceptors (Lipinski definition) is 6. The van der Waals surface area contributed by atoms with Crippen LogP contribution in [0.2, 0.25) is 0 Å². The van der Waals surface area contributed by atoms with Crippen LogP contribution >= 0.6 is 11.3 Å². The summed E-state index contributed by atoms with van der Waals surface area (Å²) in [5.74, 6) is -0.284. The number of anilines is 1. The maximum atomic E-state index is 13.4. The summed E-state index contributed by atoms with van der Waals surface area (Å²) in [6.07, 6.45) is 0.742. The minimum Gasteiger partial charge on any atom is -0.378 e. The molecule has 0 atom stereocenters. The van der Waals surface area contributed by atoms with E-state index in [4.69, 9.17) is 9.73 Å². The lowest BCUT2D eigenvalue weighted by atomic mass is 10.1. The van der Waals surface area contributed by atoms with Gasteiger partial charge in [0.1, 0.15) is 5.82 Å². The summed E-state index contributed by atoms with van der Waals surface area (Å²) in [6, 6.07) is 14.6. The van der Waals surface area contributed by atoms with Crippen molar-refractivity contribution in [3.05, 3.63) is 64.5 Å². The van der Waals surface area contributed by atoms with Crippen LogP contribution in [0.15, 0.2) is 58.9 Å². The molecule has 0 aliphatic carbocycles. The van der Waals surface area contributed by atoms with E-state index in [2.05, 4.69) is 55.1 Å². The van der Waals surface area contributed by atoms with Gasteiger partial charge in [0.25, 0.3) is 0 Å². The van der Waals surface area contributed by atoms with Crippen LogP contribution in [-0.2, 0) is 11.3 Å². The normalized spacial score (nSPS) is 14.2. The molecule has 0 bridgehead atoms. The van der Waals surface area contributed by atoms with E-state index in [1.54, 1.807) is 23.5 Å². The number of urea groups is 1. The molecule has 1 fully saturated rings. The van der Waals surface area contributed by atoms with Gasteiger partial charge in [-0.3, -0.25) is 0 Å². The molecule has 1 saturated heterocycles. The van der Waals surface area contributed by atoms with Crippen LogP contribution in [0.4, 0.5) is 20.6 Å². The summed E-state index contributed by atoms with van der Waals surface area (Å²) in [7, 11) is 1.85. The SMILES string of the molecule is CNCCNC(=O)NCCCn1c(-c2ccc(N3CCOCC3)cc2)cs/c1=N\c1ccc(F)cc1. The molecule has 4 rings (SSSR count). The lowest BCUT2D eigenvalue weighted by Crippen LogP contribution is -2.39. The zero-order valence-corrected chi connectivity index (χ0v) is 21.3. The lowest BCUT2D eigenvalue weighted by molar-refractivity contribution is 0.122. The van der Waals surface area contributed by atoms with E-state index in [9.17, 15) is 9.18 Å². The Balaban J connectivity index is 1.51. The van der Waals surface area contributed by atoms with Gasteiger partial charge in [-0.15, -0.1) is 11.3 Å². The number of halogens is 1. The van der Waals surface area contributed by atoms with E-state index >= 15 is 0 Å². The third-order valence-corrected chi connectivity index (χ3v) is 6.76. The molecular weight excluding hydrogens is 479 g/mol. The third kappa shape index (κ3) is 7.16. The van der Waals surface area contributed by atoms with Crippen LogP contribution in [0, 0.1) is 5.82 Å². The second-order valence-corrected chi connectivity index (χ2v) is 9.27. The molecule has 3 aromatic rings. The van der Waals surface area contributed by atoms with Crippen molar-refractivity contribution < 1.29 is 13.9 Å². The van der Waals surface area contributed by atoms with Gasteiger partial charge in [0.15, 0.2) is 4.80 Å². The van der Waals surface area contributed by atoms with E-state index in [1.807, 2.05) is 7.05 Å². The second kappa shape index (κ2) is 13.2. The van der Waals surface area contributed by atoms with Crippen LogP contribution in [0.1, 0.15) is 6.42 Å². The largest absolute Gasteiger partial charge is 0.378 e. The number of ether oxygens (including phenoxy) is 1. The van der Waals surface area contributed by atoms with Crippen molar-refractivity contribution in [3.8, 4) is 11.3 Å². The highest BCUT2D eigenvalue weighted by Crippen LogP contribution is 2.25. The van der Waals surface area contributed by atoms with Crippen molar-refractivity contribution in [3.63, 3.8) is 0 Å². The molecule has 0 unspecified atom stereocenters. The quantitative estimate of drug-likeness (QED) is 0.364. The smallest absolute Gasteiger partial charge is 0.314 e. The molecule has 1 aliphatic rings. The molecule has 2 heterocycles. The standard InChI is InChI=1S/C26H33FN6O2S/c1-28-12-13-30-25(34)29-11-2-14-33-24(19-36-26(33)31-22-7-5-21(27)6-8-22)20-3-9-23(10-4-20)32-15-17-35-18-16-32/h3-10,19,28H,2,11-18H2,1H3,(H2,29,30,34)/b31-26-. The van der Waals surface area contributed by atoms with Crippen LogP contribution in [-0.4, -0.2) is 63.6 Å². The molecule has 0 spiro atoms. The highest BCUT2D eigenvalue weighted by atomic mass is 32.1. The van der Waals surface area contributed by atoms with E-state index in [0.29, 0.717) is 25.3 Å². The monoisotopic (exact) mass is 512 g/mol. The van der Waals surface area contributed by atoms with Crippen molar-refractivity contribution in [1.82, 2.24) is 20.5 Å². The van der Waals surface area contributed by atoms with Crippen molar-refractivity contribution in [2.45, 2.75) is 13.0 Å². The fourth-order valence-electron chi connectivity index (χ4n) is 3.96. The van der Waals surface area contributed by atoms with E-state index in [1.165, 1.54) is 17.8 Å². The Kier molecular flexibility index (Phi) is 9.48. The number of nitrogens with one attached hydrogen (secondary N) is 3. The van der Waals surface area contributed by atoms with Crippen molar-refractivity contribution >= 4 is 28.7 Å². The average molecular weight is 513 g/mol. The molecule has 0 saturated carbocycles. The minimum absolute atomic E-state index is 0.171. The molecule has 10 heteroatoms. The predicted molar refractivity (Wildman–Crippen MR) is 142 cm³/mol. The molecule has 8 nitrogen and oxygen atoms in total. The minimum atomic E-state index is -0.284. The Morgan fingerprint density at radius 1 is 1.03 bits per heavy atom. The second-order valence-electron chi connectivity index (χ2n) is 8.43. The number of aromatic nitrogens is 1. The molecule has 1 aromatic heterocycles. The van der Waals surface area contributed by atoms with Gasteiger partial charge in [-0.2, -0.15) is 0 Å². The fourth-order valence-corrected chi connectivity index (χ4v) is 4.91. The molecule has 2 aromatic carbocycles. The first kappa shape index (κ1) is 25.9. The van der Waals surface area contributed by atoms with Gasteiger partial charge in [0, 0.05) is 50.3 Å². The Morgan fingerprint density at radius 2 is 1.75 bits per heavy atom. The van der Waals surface area contributed by atoms with Crippen LogP contribution < -0.4 is 25.7 Å². The van der Waals surface area contributed by atoms with Gasteiger partial charge in [0.2, 0.25) is 0 Å². The maximum Gasteiger partial charge on any atom is 0.314 e. The van der Waals surface area contributed by atoms with Crippen molar-refractivity contribution in [1.29, 1.82) is 0 Å². The summed E-state index contributed by atoms with van der Waals surface area (Å²) in [4.78, 5) is 19.9. The van der Waals surface area contributed by atoms with Crippen molar-refractivity contribution in [2.75, 3.05) is 57.9 Å². The summed E-state index contributed by atoms with van der Waals surface area (Å²) < 4.78 is 21.0. The number of amides is 2. The number of hydrogen-bond donors (Lipinski definition) is 3. The third-order valence-electron chi connectivity index (χ3n) is 5.89. The summed E-state index contributed by atoms with van der Waals surface area (Å²) in [6.45, 7) is 5.82. The number of carbonyl (C=O) groups excluding carboxylic acids is 1. The van der Waals surface area contributed by atoms with E-state index in [-0.39, 0.29) is 11.8 Å². The molecular formula is C26H33FN6O2S. The molecule has 2 amide bonds. The Bertz CT molecular complexity index is 1170. The van der Waals surface area contributed by atoms with Crippen LogP contribution in [0.5, 0.6) is 0 Å². The van der Waals surface area contributed by atoms with Gasteiger partial charge in [-0.1, -0.05) is 12.1 Å². The maximum absolute atomic E-state index is 13.4. The molecule has 3 N–H and O–H groups in total. The average Bonchev–Trinajstić information content (AvgIpc) is 3.31. The Morgan fingerprint density at radius 3 is 2.47 bits per heavy atom. The predicted octanol–water partition coefficient (Wildman–Crippen LogP) is 3.33. The van der Waals surface area contributed by atoms with Gasteiger partial charge in [0.05, 0.1) is 24.6 Å². The molecule has 0 radical (unpaired) electrons. The number of benzene rings is 2. The zero-order chi connectivity index (χ0) is 25.2. The first-order valence-corrected chi connectivity index (χ1v) is 13.1. The summed E-state index contributed by atoms with van der Waals surface area (Å²) in [5, 5.41) is 10.8. The zero-order valence-electron chi connectivity index (χ0n) is 20.5. The van der Waals surface area contributed by atoms with Crippen LogP contribution in [0.25, 0.3) is 11.3 Å². The number of nitrogens with zero attached hydrogens (tertiary/aromatic N) is 3. The van der Waals surface area contributed by atoms with Crippen LogP contribution in [0.3, 0.4) is 0 Å². The van der Waals surface area contributed by atoms with Gasteiger partial charge in [-0.05, 0) is 55.4 Å². The Labute approximate surface area is 214 Å². The number of morpholine rings is 1. The highest BCUT2D eigenvalue weighted by Gasteiger charge is 2.13. The molecule has 192 valence electrons. The Hall–Kier alpha value is -3.21. The lowest BCUT2D eigenvalue weighted by Gasteiger charge is -2.28. The number of rotatable bonds is 10. The van der Waals surface area contributed by atoms with Gasteiger partial charge in [-0.25, -0.2) is 14.2 Å². The van der Waals surface area contributed by atoms with E-state index < -0.39 is 0 Å². The number of carbonyl (C=O) groups is 1. The van der Waals surface area contributed by atoms with E-state index in [0.717, 1.165) is 55.3 Å². The highest BCUT2D eigenvalue weighted by molar-refractivity contribution is 7.07. The topological polar surface area (TPSA) is 82.9 Å². The van der Waals surface area contributed by atoms with Crippen molar-refractivity contribution in [2.24, 2.45) is 4.99 Å². The molecule has 36 heavy (non-hydrogen) atoms. The van der Waals surface area contributed by atoms with Gasteiger partial charge < -0.3 is 30.2 Å². The first-order valence-electron chi connectivity index (χ1n) is 12.2. The summed E-state index contributed by atoms with van der Waals surface area (Å²) in [5.41, 5.74) is 4.05.